The number of fused-ring (bicyclic) bond motifs is 1. The smallest absolute Gasteiger partial charge is 0.261 e. The molecular weight excluding hydrogens is 471 g/mol. The molecular formula is C18H13Br2FN2O3. The molecule has 0 unspecified atom stereocenters. The van der Waals surface area contributed by atoms with Gasteiger partial charge in [0.05, 0.1) is 16.8 Å². The molecule has 0 atom stereocenters. The molecule has 0 saturated carbocycles. The van der Waals surface area contributed by atoms with E-state index >= 15 is 0 Å². The van der Waals surface area contributed by atoms with Crippen LogP contribution in [-0.2, 0) is 4.79 Å². The van der Waals surface area contributed by atoms with Crippen LogP contribution in [0, 0.1) is 5.82 Å². The molecule has 2 aromatic carbocycles. The quantitative estimate of drug-likeness (QED) is 0.642. The Morgan fingerprint density at radius 2 is 1.65 bits per heavy atom. The number of amides is 3. The number of nitrogens with zero attached hydrogens (tertiary/aromatic N) is 1. The van der Waals surface area contributed by atoms with Crippen molar-refractivity contribution in [2.24, 2.45) is 0 Å². The van der Waals surface area contributed by atoms with E-state index in [0.29, 0.717) is 15.6 Å². The lowest BCUT2D eigenvalue weighted by molar-refractivity contribution is -0.116. The maximum absolute atomic E-state index is 13.7. The second kappa shape index (κ2) is 7.67. The van der Waals surface area contributed by atoms with Crippen molar-refractivity contribution in [3.05, 3.63) is 62.3 Å². The van der Waals surface area contributed by atoms with E-state index in [9.17, 15) is 18.8 Å². The average Bonchev–Trinajstić information content (AvgIpc) is 2.82. The Kier molecular flexibility index (Phi) is 5.52. The van der Waals surface area contributed by atoms with Gasteiger partial charge in [-0.05, 0) is 42.8 Å². The third kappa shape index (κ3) is 3.86. The Morgan fingerprint density at radius 1 is 1.00 bits per heavy atom. The van der Waals surface area contributed by atoms with Crippen molar-refractivity contribution in [1.82, 2.24) is 4.90 Å². The van der Waals surface area contributed by atoms with E-state index in [2.05, 4.69) is 37.2 Å². The molecule has 0 aliphatic carbocycles. The molecule has 0 spiro atoms. The normalized spacial score (nSPS) is 13.1. The summed E-state index contributed by atoms with van der Waals surface area (Å²) in [6, 6.07) is 9.25. The van der Waals surface area contributed by atoms with Crippen molar-refractivity contribution in [3.63, 3.8) is 0 Å². The number of nitrogens with one attached hydrogen (secondary N) is 1. The van der Waals surface area contributed by atoms with Crippen LogP contribution in [0.5, 0.6) is 0 Å². The van der Waals surface area contributed by atoms with Gasteiger partial charge in [-0.1, -0.05) is 31.9 Å². The topological polar surface area (TPSA) is 66.5 Å². The molecule has 1 N–H and O–H groups in total. The number of hydrogen-bond donors (Lipinski definition) is 1. The molecule has 3 rings (SSSR count). The van der Waals surface area contributed by atoms with Crippen LogP contribution in [0.2, 0.25) is 0 Å². The summed E-state index contributed by atoms with van der Waals surface area (Å²) in [6.45, 7) is 0.125. The Hall–Kier alpha value is -2.06. The first-order chi connectivity index (χ1) is 12.4. The van der Waals surface area contributed by atoms with Crippen molar-refractivity contribution in [3.8, 4) is 0 Å². The van der Waals surface area contributed by atoms with Crippen molar-refractivity contribution >= 4 is 55.3 Å². The molecule has 0 fully saturated rings. The largest absolute Gasteiger partial charge is 0.324 e. The van der Waals surface area contributed by atoms with Gasteiger partial charge in [-0.25, -0.2) is 4.39 Å². The Labute approximate surface area is 165 Å². The molecule has 8 heteroatoms. The zero-order chi connectivity index (χ0) is 18.8. The highest BCUT2D eigenvalue weighted by Gasteiger charge is 2.35. The van der Waals surface area contributed by atoms with Gasteiger partial charge in [-0.3, -0.25) is 19.3 Å². The van der Waals surface area contributed by atoms with E-state index in [0.717, 1.165) is 9.37 Å². The van der Waals surface area contributed by atoms with E-state index < -0.39 is 5.82 Å². The zero-order valence-corrected chi connectivity index (χ0v) is 16.6. The summed E-state index contributed by atoms with van der Waals surface area (Å²) in [6.07, 6.45) is 0.350. The third-order valence-electron chi connectivity index (χ3n) is 3.92. The minimum atomic E-state index is -0.543. The van der Waals surface area contributed by atoms with Gasteiger partial charge in [0.25, 0.3) is 11.8 Å². The molecule has 0 saturated heterocycles. The van der Waals surface area contributed by atoms with Gasteiger partial charge < -0.3 is 5.32 Å². The minimum absolute atomic E-state index is 0.0621. The fourth-order valence-electron chi connectivity index (χ4n) is 2.67. The molecule has 134 valence electrons. The molecule has 5 nitrogen and oxygen atoms in total. The van der Waals surface area contributed by atoms with Gasteiger partial charge in [0.15, 0.2) is 0 Å². The Morgan fingerprint density at radius 3 is 2.38 bits per heavy atom. The number of carbonyl (C=O) groups excluding carboxylic acids is 3. The van der Waals surface area contributed by atoms with Crippen LogP contribution in [0.3, 0.4) is 0 Å². The van der Waals surface area contributed by atoms with Gasteiger partial charge in [-0.2, -0.15) is 0 Å². The van der Waals surface area contributed by atoms with Crippen LogP contribution >= 0.6 is 31.9 Å². The van der Waals surface area contributed by atoms with E-state index in [-0.39, 0.29) is 42.8 Å². The monoisotopic (exact) mass is 482 g/mol. The van der Waals surface area contributed by atoms with Gasteiger partial charge in [0.2, 0.25) is 5.91 Å². The molecule has 2 aromatic rings. The fourth-order valence-corrected chi connectivity index (χ4v) is 3.36. The molecule has 0 radical (unpaired) electrons. The number of imide groups is 1. The highest BCUT2D eigenvalue weighted by molar-refractivity contribution is 9.10. The lowest BCUT2D eigenvalue weighted by Gasteiger charge is -2.13. The van der Waals surface area contributed by atoms with Crippen LogP contribution in [0.4, 0.5) is 10.1 Å². The van der Waals surface area contributed by atoms with Crippen molar-refractivity contribution in [1.29, 1.82) is 0 Å². The molecule has 1 aliphatic heterocycles. The maximum atomic E-state index is 13.7. The molecule has 0 bridgehead atoms. The fraction of sp³-hybridized carbons (Fsp3) is 0.167. The van der Waals surface area contributed by atoms with Crippen LogP contribution < -0.4 is 5.32 Å². The molecule has 26 heavy (non-hydrogen) atoms. The molecule has 1 heterocycles. The Balaban J connectivity index is 1.56. The van der Waals surface area contributed by atoms with Crippen molar-refractivity contribution in [2.75, 3.05) is 11.9 Å². The van der Waals surface area contributed by atoms with Crippen LogP contribution in [0.1, 0.15) is 33.6 Å². The van der Waals surface area contributed by atoms with E-state index in [1.807, 2.05) is 0 Å². The highest BCUT2D eigenvalue weighted by Crippen LogP contribution is 2.26. The summed E-state index contributed by atoms with van der Waals surface area (Å²) in [5, 5.41) is 2.48. The summed E-state index contributed by atoms with van der Waals surface area (Å²) < 4.78 is 15.0. The lowest BCUT2D eigenvalue weighted by Crippen LogP contribution is -2.31. The third-order valence-corrected chi connectivity index (χ3v) is 4.91. The second-order valence-corrected chi connectivity index (χ2v) is 7.56. The standard InChI is InChI=1S/C18H13Br2FN2O3/c19-10-3-5-12-13(8-10)18(26)23(17(12)25)7-1-2-16(24)22-15-6-4-11(20)9-14(15)21/h3-6,8-9H,1-2,7H2,(H,22,24). The molecule has 1 aliphatic rings. The van der Waals surface area contributed by atoms with Crippen LogP contribution in [0.15, 0.2) is 45.3 Å². The number of hydrogen-bond acceptors (Lipinski definition) is 3. The van der Waals surface area contributed by atoms with Crippen LogP contribution in [-0.4, -0.2) is 29.2 Å². The predicted octanol–water partition coefficient (Wildman–Crippen LogP) is 4.37. The number of benzene rings is 2. The van der Waals surface area contributed by atoms with E-state index in [4.69, 9.17) is 0 Å². The second-order valence-electron chi connectivity index (χ2n) is 5.73. The van der Waals surface area contributed by atoms with E-state index in [1.54, 1.807) is 24.3 Å². The van der Waals surface area contributed by atoms with E-state index in [1.165, 1.54) is 12.1 Å². The predicted molar refractivity (Wildman–Crippen MR) is 101 cm³/mol. The minimum Gasteiger partial charge on any atom is -0.324 e. The van der Waals surface area contributed by atoms with Crippen LogP contribution in [0.25, 0.3) is 0 Å². The van der Waals surface area contributed by atoms with Gasteiger partial charge in [0.1, 0.15) is 5.82 Å². The number of halogens is 3. The maximum Gasteiger partial charge on any atom is 0.261 e. The average molecular weight is 484 g/mol. The van der Waals surface area contributed by atoms with Crippen molar-refractivity contribution in [2.45, 2.75) is 12.8 Å². The van der Waals surface area contributed by atoms with Gasteiger partial charge >= 0.3 is 0 Å². The zero-order valence-electron chi connectivity index (χ0n) is 13.4. The summed E-state index contributed by atoms with van der Waals surface area (Å²) in [5.41, 5.74) is 0.800. The lowest BCUT2D eigenvalue weighted by atomic mass is 10.1. The number of anilines is 1. The first kappa shape index (κ1) is 18.7. The number of rotatable bonds is 5. The first-order valence-corrected chi connectivity index (χ1v) is 9.36. The van der Waals surface area contributed by atoms with Crippen molar-refractivity contribution < 1.29 is 18.8 Å². The van der Waals surface area contributed by atoms with Gasteiger partial charge in [0, 0.05) is 21.9 Å². The first-order valence-electron chi connectivity index (χ1n) is 7.77. The molecule has 3 amide bonds. The summed E-state index contributed by atoms with van der Waals surface area (Å²) in [5.74, 6) is -1.66. The number of carbonyl (C=O) groups is 3. The summed E-state index contributed by atoms with van der Waals surface area (Å²) >= 11 is 6.42. The SMILES string of the molecule is O=C(CCCN1C(=O)c2ccc(Br)cc2C1=O)Nc1ccc(Br)cc1F. The highest BCUT2D eigenvalue weighted by atomic mass is 79.9. The summed E-state index contributed by atoms with van der Waals surface area (Å²) in [7, 11) is 0. The Bertz CT molecular complexity index is 917. The molecule has 0 aromatic heterocycles. The van der Waals surface area contributed by atoms with Gasteiger partial charge in [-0.15, -0.1) is 0 Å². The summed E-state index contributed by atoms with van der Waals surface area (Å²) in [4.78, 5) is 37.7.